The van der Waals surface area contributed by atoms with E-state index in [-0.39, 0.29) is 23.8 Å². The maximum absolute atomic E-state index is 13.5. The van der Waals surface area contributed by atoms with Gasteiger partial charge in [0.2, 0.25) is 11.0 Å². The topological polar surface area (TPSA) is 113 Å². The van der Waals surface area contributed by atoms with Crippen molar-refractivity contribution >= 4 is 26.9 Å². The van der Waals surface area contributed by atoms with E-state index in [1.54, 1.807) is 24.3 Å². The summed E-state index contributed by atoms with van der Waals surface area (Å²) in [6.07, 6.45) is 0.915. The number of fused-ring (bicyclic) bond motifs is 1. The van der Waals surface area contributed by atoms with E-state index in [0.717, 1.165) is 15.4 Å². The zero-order chi connectivity index (χ0) is 26.7. The summed E-state index contributed by atoms with van der Waals surface area (Å²) in [6.45, 7) is 0.705. The predicted octanol–water partition coefficient (Wildman–Crippen LogP) is 4.49. The Balaban J connectivity index is 1.22. The number of sulfonamides is 1. The van der Waals surface area contributed by atoms with Crippen molar-refractivity contribution < 1.29 is 26.8 Å². The molecule has 1 amide bonds. The molecule has 1 atom stereocenters. The van der Waals surface area contributed by atoms with Crippen LogP contribution >= 0.6 is 0 Å². The summed E-state index contributed by atoms with van der Waals surface area (Å²) in [4.78, 5) is 13.0. The number of nitriles is 1. The number of halogens is 1. The molecule has 194 valence electrons. The van der Waals surface area contributed by atoms with E-state index in [9.17, 15) is 17.6 Å². The van der Waals surface area contributed by atoms with Crippen molar-refractivity contribution in [3.8, 4) is 11.8 Å². The molecular formula is C28H24FN3O5S. The summed E-state index contributed by atoms with van der Waals surface area (Å²) < 4.78 is 52.5. The van der Waals surface area contributed by atoms with Crippen LogP contribution in [0.15, 0.2) is 82.3 Å². The van der Waals surface area contributed by atoms with E-state index in [1.807, 2.05) is 24.3 Å². The maximum atomic E-state index is 13.5. The van der Waals surface area contributed by atoms with Crippen LogP contribution < -0.4 is 10.1 Å². The highest BCUT2D eigenvalue weighted by Crippen LogP contribution is 2.30. The van der Waals surface area contributed by atoms with Crippen LogP contribution in [-0.4, -0.2) is 31.2 Å². The molecule has 2 heterocycles. The van der Waals surface area contributed by atoms with Crippen LogP contribution in [0.1, 0.15) is 29.5 Å². The van der Waals surface area contributed by atoms with Gasteiger partial charge in [-0.2, -0.15) is 9.57 Å². The fraction of sp³-hybridized carbons (Fsp3) is 0.214. The first-order valence-corrected chi connectivity index (χ1v) is 13.5. The first-order valence-electron chi connectivity index (χ1n) is 12.0. The minimum absolute atomic E-state index is 0.185. The van der Waals surface area contributed by atoms with Crippen molar-refractivity contribution in [2.24, 2.45) is 0 Å². The number of amides is 1. The van der Waals surface area contributed by atoms with Crippen LogP contribution in [0.25, 0.3) is 11.0 Å². The first-order chi connectivity index (χ1) is 18.3. The van der Waals surface area contributed by atoms with Gasteiger partial charge in [0, 0.05) is 24.5 Å². The van der Waals surface area contributed by atoms with Gasteiger partial charge in [-0.05, 0) is 66.4 Å². The molecule has 3 aromatic carbocycles. The lowest BCUT2D eigenvalue weighted by atomic mass is 10.1. The third-order valence-electron chi connectivity index (χ3n) is 6.38. The van der Waals surface area contributed by atoms with Crippen molar-refractivity contribution in [1.29, 1.82) is 5.26 Å². The van der Waals surface area contributed by atoms with Gasteiger partial charge in [-0.15, -0.1) is 0 Å². The van der Waals surface area contributed by atoms with Crippen molar-refractivity contribution in [2.75, 3.05) is 6.54 Å². The largest absolute Gasteiger partial charge is 0.489 e. The first kappa shape index (κ1) is 25.4. The van der Waals surface area contributed by atoms with E-state index in [1.165, 1.54) is 24.3 Å². The fourth-order valence-electron chi connectivity index (χ4n) is 4.42. The summed E-state index contributed by atoms with van der Waals surface area (Å²) in [5, 5.41) is 11.8. The lowest BCUT2D eigenvalue weighted by Gasteiger charge is -2.22. The van der Waals surface area contributed by atoms with Gasteiger partial charge in [-0.3, -0.25) is 4.79 Å². The highest BCUT2D eigenvalue weighted by molar-refractivity contribution is 7.89. The van der Waals surface area contributed by atoms with E-state index in [2.05, 4.69) is 11.4 Å². The van der Waals surface area contributed by atoms with E-state index < -0.39 is 27.8 Å². The van der Waals surface area contributed by atoms with Crippen LogP contribution in [0.2, 0.25) is 0 Å². The lowest BCUT2D eigenvalue weighted by Crippen LogP contribution is -2.45. The molecule has 10 heteroatoms. The van der Waals surface area contributed by atoms with Crippen LogP contribution in [-0.2, 0) is 28.0 Å². The molecule has 0 aliphatic carbocycles. The van der Waals surface area contributed by atoms with Crippen molar-refractivity contribution in [3.63, 3.8) is 0 Å². The zero-order valence-corrected chi connectivity index (χ0v) is 21.1. The second-order valence-corrected chi connectivity index (χ2v) is 10.8. The standard InChI is InChI=1S/C28H24FN3O5S/c29-23-10-11-26-22(14-23)15-27(37-26)38(34,35)32-12-2-5-25(32)28(33)31-17-21-3-1-4-24(13-21)36-18-20-8-6-19(16-30)7-9-20/h1,3-4,6-11,13-15,25H,2,5,12,17-18H2,(H,31,33). The zero-order valence-electron chi connectivity index (χ0n) is 20.3. The van der Waals surface area contributed by atoms with Gasteiger partial charge >= 0.3 is 0 Å². The molecule has 1 aliphatic rings. The van der Waals surface area contributed by atoms with Gasteiger partial charge in [0.1, 0.15) is 29.8 Å². The highest BCUT2D eigenvalue weighted by Gasteiger charge is 2.41. The van der Waals surface area contributed by atoms with Crippen molar-refractivity contribution in [2.45, 2.75) is 37.1 Å². The molecule has 1 fully saturated rings. The molecule has 38 heavy (non-hydrogen) atoms. The summed E-state index contributed by atoms with van der Waals surface area (Å²) in [5.74, 6) is -0.283. The van der Waals surface area contributed by atoms with Crippen LogP contribution in [0.4, 0.5) is 4.39 Å². The minimum atomic E-state index is -4.09. The lowest BCUT2D eigenvalue weighted by molar-refractivity contribution is -0.124. The van der Waals surface area contributed by atoms with Crippen molar-refractivity contribution in [3.05, 3.63) is 95.3 Å². The molecule has 4 aromatic rings. The van der Waals surface area contributed by atoms with E-state index in [0.29, 0.717) is 36.1 Å². The number of rotatable bonds is 8. The number of furan rings is 1. The van der Waals surface area contributed by atoms with E-state index >= 15 is 0 Å². The molecule has 0 radical (unpaired) electrons. The summed E-state index contributed by atoms with van der Waals surface area (Å²) in [7, 11) is -4.09. The second-order valence-electron chi connectivity index (χ2n) is 8.98. The normalized spacial score (nSPS) is 15.8. The number of nitrogens with one attached hydrogen (secondary N) is 1. The second kappa shape index (κ2) is 10.7. The monoisotopic (exact) mass is 533 g/mol. The SMILES string of the molecule is N#Cc1ccc(COc2cccc(CNC(=O)C3CCCN3S(=O)(=O)c3cc4cc(F)ccc4o3)c2)cc1. The van der Waals surface area contributed by atoms with Crippen LogP contribution in [0.3, 0.4) is 0 Å². The van der Waals surface area contributed by atoms with Gasteiger partial charge in [0.25, 0.3) is 10.0 Å². The Morgan fingerprint density at radius 1 is 1.11 bits per heavy atom. The van der Waals surface area contributed by atoms with Gasteiger partial charge in [0.15, 0.2) is 0 Å². The molecule has 1 aromatic heterocycles. The quantitative estimate of drug-likeness (QED) is 0.357. The Morgan fingerprint density at radius 3 is 2.71 bits per heavy atom. The molecule has 0 saturated carbocycles. The average Bonchev–Trinajstić information content (AvgIpc) is 3.59. The summed E-state index contributed by atoms with van der Waals surface area (Å²) in [6, 6.07) is 20.6. The Kier molecular flexibility index (Phi) is 7.13. The summed E-state index contributed by atoms with van der Waals surface area (Å²) >= 11 is 0. The minimum Gasteiger partial charge on any atom is -0.489 e. The highest BCUT2D eigenvalue weighted by atomic mass is 32.2. The van der Waals surface area contributed by atoms with Crippen LogP contribution in [0, 0.1) is 17.1 Å². The van der Waals surface area contributed by atoms with Crippen molar-refractivity contribution in [1.82, 2.24) is 9.62 Å². The number of ether oxygens (including phenoxy) is 1. The van der Waals surface area contributed by atoms with Gasteiger partial charge in [0.05, 0.1) is 11.6 Å². The molecule has 0 bridgehead atoms. The molecule has 5 rings (SSSR count). The molecular weight excluding hydrogens is 509 g/mol. The number of carbonyl (C=O) groups is 1. The van der Waals surface area contributed by atoms with Gasteiger partial charge in [-0.1, -0.05) is 24.3 Å². The number of carbonyl (C=O) groups excluding carboxylic acids is 1. The molecule has 1 N–H and O–H groups in total. The maximum Gasteiger partial charge on any atom is 0.277 e. The smallest absolute Gasteiger partial charge is 0.277 e. The van der Waals surface area contributed by atoms with Gasteiger partial charge in [-0.25, -0.2) is 12.8 Å². The fourth-order valence-corrected chi connectivity index (χ4v) is 6.02. The number of nitrogens with zero attached hydrogens (tertiary/aromatic N) is 2. The predicted molar refractivity (Wildman–Crippen MR) is 137 cm³/mol. The number of hydrogen-bond acceptors (Lipinski definition) is 6. The third kappa shape index (κ3) is 5.39. The molecule has 1 unspecified atom stereocenters. The third-order valence-corrected chi connectivity index (χ3v) is 8.14. The number of benzene rings is 3. The molecule has 8 nitrogen and oxygen atoms in total. The number of hydrogen-bond donors (Lipinski definition) is 1. The summed E-state index contributed by atoms with van der Waals surface area (Å²) in [5.41, 5.74) is 2.54. The Morgan fingerprint density at radius 2 is 1.92 bits per heavy atom. The Labute approximate surface area is 219 Å². The van der Waals surface area contributed by atoms with E-state index in [4.69, 9.17) is 14.4 Å². The van der Waals surface area contributed by atoms with Gasteiger partial charge < -0.3 is 14.5 Å². The molecule has 0 spiro atoms. The van der Waals surface area contributed by atoms with Crippen LogP contribution in [0.5, 0.6) is 5.75 Å². The Bertz CT molecular complexity index is 1630. The molecule has 1 saturated heterocycles. The molecule has 1 aliphatic heterocycles. The Hall–Kier alpha value is -4.20. The average molecular weight is 534 g/mol.